The highest BCUT2D eigenvalue weighted by Crippen LogP contribution is 2.17. The molecule has 2 aromatic rings. The number of carbonyl (C=O) groups is 1. The Bertz CT molecular complexity index is 698. The van der Waals surface area contributed by atoms with E-state index in [0.29, 0.717) is 32.8 Å². The monoisotopic (exact) mass is 344 g/mol. The molecule has 0 unspecified atom stereocenters. The Kier molecular flexibility index (Phi) is 5.33. The van der Waals surface area contributed by atoms with Crippen LogP contribution in [0, 0.1) is 5.82 Å². The third-order valence-electron chi connectivity index (χ3n) is 4.02. The molecule has 0 atom stereocenters. The number of hydrogen-bond donors (Lipinski definition) is 1. The predicted molar refractivity (Wildman–Crippen MR) is 94.6 cm³/mol. The summed E-state index contributed by atoms with van der Waals surface area (Å²) in [4.78, 5) is 20.3. The summed E-state index contributed by atoms with van der Waals surface area (Å²) >= 11 is 0. The van der Waals surface area contributed by atoms with E-state index in [9.17, 15) is 9.18 Å². The molecule has 1 aromatic carbocycles. The largest absolute Gasteiger partial charge is 0.494 e. The van der Waals surface area contributed by atoms with Gasteiger partial charge >= 0.3 is 6.03 Å². The van der Waals surface area contributed by atoms with Crippen molar-refractivity contribution in [3.8, 4) is 5.75 Å². The predicted octanol–water partition coefficient (Wildman–Crippen LogP) is 2.97. The average Bonchev–Trinajstić information content (AvgIpc) is 2.64. The molecule has 0 radical (unpaired) electrons. The number of urea groups is 1. The van der Waals surface area contributed by atoms with Crippen molar-refractivity contribution in [1.82, 2.24) is 9.88 Å². The molecule has 0 saturated carbocycles. The van der Waals surface area contributed by atoms with Gasteiger partial charge in [0.2, 0.25) is 0 Å². The molecular formula is C18H21FN4O2. The third kappa shape index (κ3) is 4.37. The Morgan fingerprint density at radius 2 is 1.88 bits per heavy atom. The molecule has 1 saturated heterocycles. The van der Waals surface area contributed by atoms with E-state index in [2.05, 4.69) is 10.3 Å². The van der Waals surface area contributed by atoms with E-state index in [4.69, 9.17) is 4.74 Å². The second-order valence-electron chi connectivity index (χ2n) is 5.70. The number of nitrogens with one attached hydrogen (secondary N) is 1. The maximum Gasteiger partial charge on any atom is 0.321 e. The molecule has 25 heavy (non-hydrogen) atoms. The van der Waals surface area contributed by atoms with Gasteiger partial charge in [-0.3, -0.25) is 0 Å². The minimum Gasteiger partial charge on any atom is -0.494 e. The molecule has 1 fully saturated rings. The van der Waals surface area contributed by atoms with Crippen LogP contribution in [0.4, 0.5) is 20.7 Å². The SMILES string of the molecule is CCOc1ccc(NC(=O)N2CCN(c3ccc(F)cn3)CC2)cc1. The lowest BCUT2D eigenvalue weighted by atomic mass is 10.3. The van der Waals surface area contributed by atoms with Crippen molar-refractivity contribution in [3.05, 3.63) is 48.4 Å². The molecule has 1 N–H and O–H groups in total. The van der Waals surface area contributed by atoms with Crippen LogP contribution < -0.4 is 15.0 Å². The van der Waals surface area contributed by atoms with Crippen LogP contribution in [-0.2, 0) is 0 Å². The first kappa shape index (κ1) is 17.0. The van der Waals surface area contributed by atoms with Gasteiger partial charge in [-0.1, -0.05) is 0 Å². The molecule has 1 aliphatic heterocycles. The molecule has 2 amide bonds. The molecular weight excluding hydrogens is 323 g/mol. The van der Waals surface area contributed by atoms with Crippen molar-refractivity contribution < 1.29 is 13.9 Å². The minimum absolute atomic E-state index is 0.129. The first-order chi connectivity index (χ1) is 12.2. The van der Waals surface area contributed by atoms with Crippen LogP contribution in [0.1, 0.15) is 6.92 Å². The van der Waals surface area contributed by atoms with Gasteiger partial charge in [0, 0.05) is 31.9 Å². The molecule has 1 aromatic heterocycles. The zero-order chi connectivity index (χ0) is 17.6. The first-order valence-corrected chi connectivity index (χ1v) is 8.31. The number of rotatable bonds is 4. The van der Waals surface area contributed by atoms with E-state index in [0.717, 1.165) is 17.3 Å². The quantitative estimate of drug-likeness (QED) is 0.926. The summed E-state index contributed by atoms with van der Waals surface area (Å²) in [6.45, 7) is 5.03. The smallest absolute Gasteiger partial charge is 0.321 e. The lowest BCUT2D eigenvalue weighted by molar-refractivity contribution is 0.208. The molecule has 2 heterocycles. The van der Waals surface area contributed by atoms with E-state index >= 15 is 0 Å². The van der Waals surface area contributed by atoms with Gasteiger partial charge in [0.15, 0.2) is 0 Å². The van der Waals surface area contributed by atoms with E-state index in [1.54, 1.807) is 11.0 Å². The van der Waals surface area contributed by atoms with E-state index in [1.807, 2.05) is 36.1 Å². The van der Waals surface area contributed by atoms with Crippen LogP contribution in [0.2, 0.25) is 0 Å². The number of carbonyl (C=O) groups excluding carboxylic acids is 1. The van der Waals surface area contributed by atoms with Gasteiger partial charge < -0.3 is 19.9 Å². The first-order valence-electron chi connectivity index (χ1n) is 8.31. The van der Waals surface area contributed by atoms with Crippen molar-refractivity contribution in [2.75, 3.05) is 43.0 Å². The van der Waals surface area contributed by atoms with Gasteiger partial charge in [-0.15, -0.1) is 0 Å². The lowest BCUT2D eigenvalue weighted by Gasteiger charge is -2.35. The van der Waals surface area contributed by atoms with Gasteiger partial charge in [-0.2, -0.15) is 0 Å². The normalized spacial score (nSPS) is 14.3. The summed E-state index contributed by atoms with van der Waals surface area (Å²) in [5.41, 5.74) is 0.732. The number of nitrogens with zero attached hydrogens (tertiary/aromatic N) is 3. The summed E-state index contributed by atoms with van der Waals surface area (Å²) < 4.78 is 18.3. The summed E-state index contributed by atoms with van der Waals surface area (Å²) in [6.07, 6.45) is 1.21. The van der Waals surface area contributed by atoms with Crippen LogP contribution in [0.5, 0.6) is 5.75 Å². The number of pyridine rings is 1. The Morgan fingerprint density at radius 3 is 2.48 bits per heavy atom. The molecule has 3 rings (SSSR count). The maximum atomic E-state index is 12.9. The third-order valence-corrected chi connectivity index (χ3v) is 4.02. The van der Waals surface area contributed by atoms with Crippen molar-refractivity contribution >= 4 is 17.5 Å². The number of halogens is 1. The van der Waals surface area contributed by atoms with E-state index in [-0.39, 0.29) is 11.8 Å². The Hall–Kier alpha value is -2.83. The van der Waals surface area contributed by atoms with Crippen LogP contribution in [-0.4, -0.2) is 48.7 Å². The maximum absolute atomic E-state index is 12.9. The van der Waals surface area contributed by atoms with Crippen molar-refractivity contribution in [3.63, 3.8) is 0 Å². The van der Waals surface area contributed by atoms with Gasteiger partial charge in [-0.25, -0.2) is 14.2 Å². The highest BCUT2D eigenvalue weighted by atomic mass is 19.1. The molecule has 1 aliphatic rings. The summed E-state index contributed by atoms with van der Waals surface area (Å²) in [6, 6.07) is 10.2. The standard InChI is InChI=1S/C18H21FN4O2/c1-2-25-16-6-4-15(5-7-16)21-18(24)23-11-9-22(10-12-23)17-8-3-14(19)13-20-17/h3-8,13H,2,9-12H2,1H3,(H,21,24). The second kappa shape index (κ2) is 7.83. The minimum atomic E-state index is -0.350. The second-order valence-corrected chi connectivity index (χ2v) is 5.70. The fourth-order valence-electron chi connectivity index (χ4n) is 2.70. The fraction of sp³-hybridized carbons (Fsp3) is 0.333. The highest BCUT2D eigenvalue weighted by Gasteiger charge is 2.22. The van der Waals surface area contributed by atoms with E-state index in [1.165, 1.54) is 12.3 Å². The summed E-state index contributed by atoms with van der Waals surface area (Å²) in [7, 11) is 0. The number of piperazine rings is 1. The number of aromatic nitrogens is 1. The Morgan fingerprint density at radius 1 is 1.16 bits per heavy atom. The number of amides is 2. The molecule has 0 spiro atoms. The Balaban J connectivity index is 1.51. The molecule has 6 nitrogen and oxygen atoms in total. The van der Waals surface area contributed by atoms with E-state index < -0.39 is 0 Å². The molecule has 132 valence electrons. The lowest BCUT2D eigenvalue weighted by Crippen LogP contribution is -2.50. The number of benzene rings is 1. The molecule has 0 aliphatic carbocycles. The van der Waals surface area contributed by atoms with Crippen molar-refractivity contribution in [2.24, 2.45) is 0 Å². The van der Waals surface area contributed by atoms with Crippen LogP contribution >= 0.6 is 0 Å². The van der Waals surface area contributed by atoms with Gasteiger partial charge in [0.1, 0.15) is 17.4 Å². The van der Waals surface area contributed by atoms with Crippen molar-refractivity contribution in [1.29, 1.82) is 0 Å². The molecule has 0 bridgehead atoms. The van der Waals surface area contributed by atoms with Crippen LogP contribution in [0.3, 0.4) is 0 Å². The zero-order valence-corrected chi connectivity index (χ0v) is 14.1. The Labute approximate surface area is 146 Å². The van der Waals surface area contributed by atoms with Gasteiger partial charge in [0.05, 0.1) is 12.8 Å². The average molecular weight is 344 g/mol. The van der Waals surface area contributed by atoms with Crippen molar-refractivity contribution in [2.45, 2.75) is 6.92 Å². The van der Waals surface area contributed by atoms with Gasteiger partial charge in [0.25, 0.3) is 0 Å². The highest BCUT2D eigenvalue weighted by molar-refractivity contribution is 5.89. The van der Waals surface area contributed by atoms with Crippen LogP contribution in [0.25, 0.3) is 0 Å². The number of ether oxygens (including phenoxy) is 1. The van der Waals surface area contributed by atoms with Crippen LogP contribution in [0.15, 0.2) is 42.6 Å². The zero-order valence-electron chi connectivity index (χ0n) is 14.1. The van der Waals surface area contributed by atoms with Gasteiger partial charge in [-0.05, 0) is 43.3 Å². The molecule has 7 heteroatoms. The number of hydrogen-bond acceptors (Lipinski definition) is 4. The summed E-state index contributed by atoms with van der Waals surface area (Å²) in [5, 5.41) is 2.89. The topological polar surface area (TPSA) is 57.7 Å². The fourth-order valence-corrected chi connectivity index (χ4v) is 2.70. The summed E-state index contributed by atoms with van der Waals surface area (Å²) in [5.74, 6) is 1.16. The number of anilines is 2.